The molecule has 0 unspecified atom stereocenters. The van der Waals surface area contributed by atoms with Crippen molar-refractivity contribution in [3.05, 3.63) is 17.8 Å². The lowest BCUT2D eigenvalue weighted by molar-refractivity contribution is 0.0779. The van der Waals surface area contributed by atoms with Crippen LogP contribution in [0.2, 0.25) is 0 Å². The third-order valence-corrected chi connectivity index (χ3v) is 2.13. The number of nitrogens with two attached hydrogens (primary N) is 1. The Morgan fingerprint density at radius 1 is 1.25 bits per heavy atom. The number of anilines is 1. The van der Waals surface area contributed by atoms with Crippen molar-refractivity contribution < 1.29 is 4.79 Å². The van der Waals surface area contributed by atoms with E-state index in [2.05, 4.69) is 10.2 Å². The molecule has 16 heavy (non-hydrogen) atoms. The van der Waals surface area contributed by atoms with E-state index in [1.807, 2.05) is 19.0 Å². The van der Waals surface area contributed by atoms with Crippen molar-refractivity contribution in [2.45, 2.75) is 0 Å². The fourth-order valence-electron chi connectivity index (χ4n) is 1.10. The number of hydrogen-bond acceptors (Lipinski definition) is 5. The Morgan fingerprint density at radius 3 is 2.44 bits per heavy atom. The molecule has 1 rings (SSSR count). The predicted molar refractivity (Wildman–Crippen MR) is 62.0 cm³/mol. The van der Waals surface area contributed by atoms with E-state index in [0.717, 1.165) is 6.54 Å². The zero-order chi connectivity index (χ0) is 12.1. The van der Waals surface area contributed by atoms with Crippen LogP contribution < -0.4 is 5.73 Å². The summed E-state index contributed by atoms with van der Waals surface area (Å²) in [6, 6.07) is 3.15. The Morgan fingerprint density at radius 2 is 1.94 bits per heavy atom. The van der Waals surface area contributed by atoms with Gasteiger partial charge >= 0.3 is 0 Å². The number of carbonyl (C=O) groups is 1. The molecule has 6 heteroatoms. The topological polar surface area (TPSA) is 75.3 Å². The molecule has 0 spiro atoms. The van der Waals surface area contributed by atoms with Gasteiger partial charge < -0.3 is 15.5 Å². The second-order valence-electron chi connectivity index (χ2n) is 3.87. The summed E-state index contributed by atoms with van der Waals surface area (Å²) in [5, 5.41) is 7.39. The molecule has 1 amide bonds. The lowest BCUT2D eigenvalue weighted by atomic mass is 10.3. The number of amides is 1. The van der Waals surface area contributed by atoms with Crippen LogP contribution in [-0.4, -0.2) is 60.1 Å². The van der Waals surface area contributed by atoms with Gasteiger partial charge in [-0.05, 0) is 26.2 Å². The van der Waals surface area contributed by atoms with Crippen LogP contribution in [0.15, 0.2) is 12.1 Å². The molecule has 88 valence electrons. The van der Waals surface area contributed by atoms with Gasteiger partial charge in [-0.25, -0.2) is 0 Å². The van der Waals surface area contributed by atoms with Crippen molar-refractivity contribution >= 4 is 11.7 Å². The number of rotatable bonds is 4. The van der Waals surface area contributed by atoms with Crippen LogP contribution in [0.3, 0.4) is 0 Å². The minimum Gasteiger partial charge on any atom is -0.382 e. The van der Waals surface area contributed by atoms with Gasteiger partial charge in [-0.3, -0.25) is 4.79 Å². The molecule has 0 atom stereocenters. The summed E-state index contributed by atoms with van der Waals surface area (Å²) < 4.78 is 0. The van der Waals surface area contributed by atoms with Gasteiger partial charge in [-0.1, -0.05) is 0 Å². The Bertz CT molecular complexity index is 349. The molecule has 0 saturated carbocycles. The maximum Gasteiger partial charge on any atom is 0.274 e. The molecular formula is C10H17N5O. The summed E-state index contributed by atoms with van der Waals surface area (Å²) in [4.78, 5) is 15.5. The largest absolute Gasteiger partial charge is 0.382 e. The van der Waals surface area contributed by atoms with Gasteiger partial charge in [-0.15, -0.1) is 10.2 Å². The van der Waals surface area contributed by atoms with Crippen molar-refractivity contribution in [1.82, 2.24) is 20.0 Å². The van der Waals surface area contributed by atoms with Crippen LogP contribution in [-0.2, 0) is 0 Å². The average molecular weight is 223 g/mol. The van der Waals surface area contributed by atoms with Crippen molar-refractivity contribution in [2.75, 3.05) is 40.0 Å². The van der Waals surface area contributed by atoms with Gasteiger partial charge in [0, 0.05) is 20.1 Å². The molecule has 2 N–H and O–H groups in total. The normalized spacial score (nSPS) is 10.5. The lowest BCUT2D eigenvalue weighted by Gasteiger charge is -2.18. The Balaban J connectivity index is 2.60. The summed E-state index contributed by atoms with van der Waals surface area (Å²) in [6.45, 7) is 1.46. The van der Waals surface area contributed by atoms with E-state index in [4.69, 9.17) is 5.73 Å². The van der Waals surface area contributed by atoms with Crippen molar-refractivity contribution in [3.63, 3.8) is 0 Å². The van der Waals surface area contributed by atoms with E-state index in [0.29, 0.717) is 18.1 Å². The summed E-state index contributed by atoms with van der Waals surface area (Å²) >= 11 is 0. The first kappa shape index (κ1) is 12.4. The minimum absolute atomic E-state index is 0.144. The van der Waals surface area contributed by atoms with E-state index in [1.54, 1.807) is 24.1 Å². The van der Waals surface area contributed by atoms with E-state index in [9.17, 15) is 4.79 Å². The van der Waals surface area contributed by atoms with Crippen molar-refractivity contribution in [1.29, 1.82) is 0 Å². The standard InChI is InChI=1S/C10H17N5O/c1-14(2)6-7-15(3)10(16)8-4-5-9(11)13-12-8/h4-5H,6-7H2,1-3H3,(H2,11,13). The maximum atomic E-state index is 11.8. The molecule has 0 saturated heterocycles. The quantitative estimate of drug-likeness (QED) is 0.758. The lowest BCUT2D eigenvalue weighted by Crippen LogP contribution is -2.34. The molecule has 0 aromatic carbocycles. The number of nitrogens with zero attached hydrogens (tertiary/aromatic N) is 4. The van der Waals surface area contributed by atoms with Crippen molar-refractivity contribution in [3.8, 4) is 0 Å². The van der Waals surface area contributed by atoms with Crippen molar-refractivity contribution in [2.24, 2.45) is 0 Å². The van der Waals surface area contributed by atoms with E-state index in [-0.39, 0.29) is 5.91 Å². The first-order valence-electron chi connectivity index (χ1n) is 5.00. The van der Waals surface area contributed by atoms with E-state index < -0.39 is 0 Å². The highest BCUT2D eigenvalue weighted by Gasteiger charge is 2.13. The molecule has 0 aliphatic rings. The zero-order valence-electron chi connectivity index (χ0n) is 9.84. The van der Waals surface area contributed by atoms with Gasteiger partial charge in [0.15, 0.2) is 5.69 Å². The number of aromatic nitrogens is 2. The molecule has 6 nitrogen and oxygen atoms in total. The van der Waals surface area contributed by atoms with Crippen LogP contribution >= 0.6 is 0 Å². The van der Waals surface area contributed by atoms with E-state index in [1.165, 1.54) is 0 Å². The molecule has 0 fully saturated rings. The van der Waals surface area contributed by atoms with Gasteiger partial charge in [0.25, 0.3) is 5.91 Å². The highest BCUT2D eigenvalue weighted by molar-refractivity contribution is 5.92. The molecule has 1 aromatic rings. The van der Waals surface area contributed by atoms with Gasteiger partial charge in [0.2, 0.25) is 0 Å². The summed E-state index contributed by atoms with van der Waals surface area (Å²) in [6.07, 6.45) is 0. The first-order valence-corrected chi connectivity index (χ1v) is 5.00. The third-order valence-electron chi connectivity index (χ3n) is 2.13. The van der Waals surface area contributed by atoms with Crippen LogP contribution in [0.1, 0.15) is 10.5 Å². The zero-order valence-corrected chi connectivity index (χ0v) is 9.84. The summed E-state index contributed by atoms with van der Waals surface area (Å²) in [5.41, 5.74) is 5.71. The molecule has 0 bridgehead atoms. The number of hydrogen-bond donors (Lipinski definition) is 1. The van der Waals surface area contributed by atoms with Crippen LogP contribution in [0, 0.1) is 0 Å². The van der Waals surface area contributed by atoms with Gasteiger partial charge in [0.05, 0.1) is 0 Å². The van der Waals surface area contributed by atoms with Crippen LogP contribution in [0.25, 0.3) is 0 Å². The maximum absolute atomic E-state index is 11.8. The fraction of sp³-hybridized carbons (Fsp3) is 0.500. The molecule has 0 radical (unpaired) electrons. The molecular weight excluding hydrogens is 206 g/mol. The SMILES string of the molecule is CN(C)CCN(C)C(=O)c1ccc(N)nn1. The second kappa shape index (κ2) is 5.41. The minimum atomic E-state index is -0.144. The second-order valence-corrected chi connectivity index (χ2v) is 3.87. The Labute approximate surface area is 95.0 Å². The molecule has 0 aliphatic heterocycles. The molecule has 1 heterocycles. The predicted octanol–water partition coefficient (Wildman–Crippen LogP) is -0.308. The van der Waals surface area contributed by atoms with Crippen LogP contribution in [0.5, 0.6) is 0 Å². The monoisotopic (exact) mass is 223 g/mol. The first-order chi connectivity index (χ1) is 7.50. The number of carbonyl (C=O) groups excluding carboxylic acids is 1. The Hall–Kier alpha value is -1.69. The fourth-order valence-corrected chi connectivity index (χ4v) is 1.10. The average Bonchev–Trinajstić information content (AvgIpc) is 2.26. The molecule has 1 aromatic heterocycles. The number of nitrogen functional groups attached to an aromatic ring is 1. The highest BCUT2D eigenvalue weighted by Crippen LogP contribution is 2.01. The van der Waals surface area contributed by atoms with E-state index >= 15 is 0 Å². The summed E-state index contributed by atoms with van der Waals surface area (Å²) in [5.74, 6) is 0.168. The highest BCUT2D eigenvalue weighted by atomic mass is 16.2. The molecule has 0 aliphatic carbocycles. The van der Waals surface area contributed by atoms with Crippen LogP contribution in [0.4, 0.5) is 5.82 Å². The third kappa shape index (κ3) is 3.47. The smallest absolute Gasteiger partial charge is 0.274 e. The summed E-state index contributed by atoms with van der Waals surface area (Å²) in [7, 11) is 5.66. The van der Waals surface area contributed by atoms with Gasteiger partial charge in [-0.2, -0.15) is 0 Å². The number of likely N-dealkylation sites (N-methyl/N-ethyl adjacent to an activating group) is 2. The Kier molecular flexibility index (Phi) is 4.19. The van der Waals surface area contributed by atoms with Gasteiger partial charge in [0.1, 0.15) is 5.82 Å².